The summed E-state index contributed by atoms with van der Waals surface area (Å²) in [5, 5.41) is 8.29. The first-order chi connectivity index (χ1) is 11.5. The number of ketones is 1. The van der Waals surface area contributed by atoms with Crippen molar-refractivity contribution in [2.24, 2.45) is 5.92 Å². The minimum atomic E-state index is 0.0334. The second-order valence-corrected chi connectivity index (χ2v) is 6.79. The molecule has 0 bridgehead atoms. The molecule has 24 heavy (non-hydrogen) atoms. The maximum absolute atomic E-state index is 12.6. The first-order valence-electron chi connectivity index (χ1n) is 8.60. The molecule has 1 amide bonds. The number of amides is 1. The van der Waals surface area contributed by atoms with E-state index in [2.05, 4.69) is 15.1 Å². The summed E-state index contributed by atoms with van der Waals surface area (Å²) >= 11 is 0. The fourth-order valence-electron chi connectivity index (χ4n) is 3.35. The Morgan fingerprint density at radius 3 is 2.46 bits per heavy atom. The Morgan fingerprint density at radius 1 is 1.17 bits per heavy atom. The van der Waals surface area contributed by atoms with Crippen molar-refractivity contribution in [1.82, 2.24) is 15.1 Å². The predicted molar refractivity (Wildman–Crippen MR) is 92.1 cm³/mol. The van der Waals surface area contributed by atoms with E-state index in [1.807, 2.05) is 30.0 Å². The molecule has 2 aliphatic rings. The van der Waals surface area contributed by atoms with Crippen molar-refractivity contribution < 1.29 is 9.59 Å². The van der Waals surface area contributed by atoms with Crippen molar-refractivity contribution in [1.29, 1.82) is 0 Å². The zero-order valence-electron chi connectivity index (χ0n) is 14.4. The van der Waals surface area contributed by atoms with Crippen LogP contribution in [-0.2, 0) is 9.59 Å². The zero-order chi connectivity index (χ0) is 17.1. The number of aromatic nitrogens is 2. The molecule has 130 valence electrons. The molecule has 1 aliphatic heterocycles. The summed E-state index contributed by atoms with van der Waals surface area (Å²) in [5.74, 6) is 1.40. The second-order valence-electron chi connectivity index (χ2n) is 6.79. The quantitative estimate of drug-likeness (QED) is 0.821. The second kappa shape index (κ2) is 7.15. The fourth-order valence-corrected chi connectivity index (χ4v) is 3.35. The molecule has 1 aromatic heterocycles. The van der Waals surface area contributed by atoms with Crippen LogP contribution in [0.5, 0.6) is 0 Å². The van der Waals surface area contributed by atoms with Gasteiger partial charge in [-0.15, -0.1) is 5.10 Å². The van der Waals surface area contributed by atoms with Gasteiger partial charge in [0.05, 0.1) is 11.9 Å². The van der Waals surface area contributed by atoms with Crippen LogP contribution in [0.15, 0.2) is 12.3 Å². The molecule has 7 heteroatoms. The topological polar surface area (TPSA) is 69.6 Å². The normalized spacial score (nSPS) is 19.5. The highest BCUT2D eigenvalue weighted by atomic mass is 16.2. The molecule has 1 aromatic rings. The number of anilines is 2. The van der Waals surface area contributed by atoms with Crippen LogP contribution >= 0.6 is 0 Å². The lowest BCUT2D eigenvalue weighted by Crippen LogP contribution is -2.51. The fraction of sp³-hybridized carbons (Fsp3) is 0.647. The molecule has 2 fully saturated rings. The molecule has 3 rings (SSSR count). The average Bonchev–Trinajstić information content (AvgIpc) is 2.62. The van der Waals surface area contributed by atoms with Crippen molar-refractivity contribution in [3.8, 4) is 0 Å². The Morgan fingerprint density at radius 2 is 1.83 bits per heavy atom. The van der Waals surface area contributed by atoms with E-state index >= 15 is 0 Å². The molecule has 1 saturated heterocycles. The third-order valence-corrected chi connectivity index (χ3v) is 4.95. The maximum Gasteiger partial charge on any atom is 0.225 e. The molecule has 0 N–H and O–H groups in total. The van der Waals surface area contributed by atoms with Gasteiger partial charge in [-0.1, -0.05) is 0 Å². The van der Waals surface area contributed by atoms with E-state index in [0.29, 0.717) is 44.6 Å². The molecular weight excluding hydrogens is 306 g/mol. The number of rotatable bonds is 3. The lowest BCUT2D eigenvalue weighted by Gasteiger charge is -2.37. The van der Waals surface area contributed by atoms with Crippen molar-refractivity contribution in [3.63, 3.8) is 0 Å². The Labute approximate surface area is 142 Å². The third-order valence-electron chi connectivity index (χ3n) is 4.95. The predicted octanol–water partition coefficient (Wildman–Crippen LogP) is 0.950. The molecule has 0 atom stereocenters. The van der Waals surface area contributed by atoms with E-state index < -0.39 is 0 Å². The lowest BCUT2D eigenvalue weighted by atomic mass is 9.87. The summed E-state index contributed by atoms with van der Waals surface area (Å²) in [4.78, 5) is 30.1. The third kappa shape index (κ3) is 3.66. The number of hydrogen-bond donors (Lipinski definition) is 0. The van der Waals surface area contributed by atoms with E-state index in [9.17, 15) is 9.59 Å². The Hall–Kier alpha value is -2.18. The van der Waals surface area contributed by atoms with E-state index in [-0.39, 0.29) is 11.8 Å². The molecule has 0 aromatic carbocycles. The SMILES string of the molecule is CN(C)c1cnnc(N2CCN(C(=O)C3CCC(=O)CC3)CC2)c1. The first kappa shape index (κ1) is 16.7. The zero-order valence-corrected chi connectivity index (χ0v) is 14.4. The Bertz CT molecular complexity index is 601. The summed E-state index contributed by atoms with van der Waals surface area (Å²) in [6.45, 7) is 2.94. The van der Waals surface area contributed by atoms with Gasteiger partial charge in [0.2, 0.25) is 5.91 Å². The van der Waals surface area contributed by atoms with Crippen LogP contribution in [0.25, 0.3) is 0 Å². The number of Topliss-reactive ketones (excluding diaryl/α,β-unsaturated/α-hetero) is 1. The van der Waals surface area contributed by atoms with Crippen LogP contribution in [0.4, 0.5) is 11.5 Å². The van der Waals surface area contributed by atoms with Gasteiger partial charge in [-0.25, -0.2) is 0 Å². The number of piperazine rings is 1. The van der Waals surface area contributed by atoms with Gasteiger partial charge in [-0.2, -0.15) is 5.10 Å². The van der Waals surface area contributed by atoms with Gasteiger partial charge in [0, 0.05) is 65.1 Å². The Balaban J connectivity index is 1.56. The number of carbonyl (C=O) groups excluding carboxylic acids is 2. The van der Waals surface area contributed by atoms with Crippen LogP contribution < -0.4 is 9.80 Å². The summed E-state index contributed by atoms with van der Waals surface area (Å²) in [7, 11) is 3.96. The molecular formula is C17H25N5O2. The summed E-state index contributed by atoms with van der Waals surface area (Å²) < 4.78 is 0. The van der Waals surface area contributed by atoms with Crippen LogP contribution in [0.1, 0.15) is 25.7 Å². The van der Waals surface area contributed by atoms with Crippen LogP contribution in [0, 0.1) is 5.92 Å². The minimum Gasteiger partial charge on any atom is -0.376 e. The van der Waals surface area contributed by atoms with Crippen LogP contribution in [0.3, 0.4) is 0 Å². The number of carbonyl (C=O) groups is 2. The molecule has 0 spiro atoms. The standard InChI is InChI=1S/C17H25N5O2/c1-20(2)14-11-16(19-18-12-14)21-7-9-22(10-8-21)17(24)13-3-5-15(23)6-4-13/h11-13H,3-10H2,1-2H3. The van der Waals surface area contributed by atoms with E-state index in [4.69, 9.17) is 0 Å². The minimum absolute atomic E-state index is 0.0334. The van der Waals surface area contributed by atoms with Gasteiger partial charge >= 0.3 is 0 Å². The summed E-state index contributed by atoms with van der Waals surface area (Å²) in [6.07, 6.45) is 4.29. The van der Waals surface area contributed by atoms with Crippen LogP contribution in [0.2, 0.25) is 0 Å². The highest BCUT2D eigenvalue weighted by Gasteiger charge is 2.30. The molecule has 0 unspecified atom stereocenters. The molecule has 2 heterocycles. The van der Waals surface area contributed by atoms with Gasteiger partial charge in [-0.3, -0.25) is 9.59 Å². The van der Waals surface area contributed by atoms with Gasteiger partial charge in [0.25, 0.3) is 0 Å². The van der Waals surface area contributed by atoms with Gasteiger partial charge in [-0.05, 0) is 12.8 Å². The molecule has 0 radical (unpaired) electrons. The molecule has 1 saturated carbocycles. The number of hydrogen-bond acceptors (Lipinski definition) is 6. The summed E-state index contributed by atoms with van der Waals surface area (Å²) in [6, 6.07) is 2.03. The van der Waals surface area contributed by atoms with Crippen LogP contribution in [-0.4, -0.2) is 67.1 Å². The van der Waals surface area contributed by atoms with E-state index in [1.54, 1.807) is 6.20 Å². The number of nitrogens with zero attached hydrogens (tertiary/aromatic N) is 5. The van der Waals surface area contributed by atoms with E-state index in [1.165, 1.54) is 0 Å². The smallest absolute Gasteiger partial charge is 0.225 e. The lowest BCUT2D eigenvalue weighted by molar-refractivity contribution is -0.137. The highest BCUT2D eigenvalue weighted by molar-refractivity contribution is 5.84. The van der Waals surface area contributed by atoms with Crippen molar-refractivity contribution >= 4 is 23.2 Å². The van der Waals surface area contributed by atoms with Gasteiger partial charge in [0.1, 0.15) is 5.78 Å². The van der Waals surface area contributed by atoms with Crippen molar-refractivity contribution in [3.05, 3.63) is 12.3 Å². The largest absolute Gasteiger partial charge is 0.376 e. The highest BCUT2D eigenvalue weighted by Crippen LogP contribution is 2.25. The Kier molecular flexibility index (Phi) is 4.97. The maximum atomic E-state index is 12.6. The monoisotopic (exact) mass is 331 g/mol. The average molecular weight is 331 g/mol. The van der Waals surface area contributed by atoms with Gasteiger partial charge < -0.3 is 14.7 Å². The van der Waals surface area contributed by atoms with Crippen molar-refractivity contribution in [2.45, 2.75) is 25.7 Å². The van der Waals surface area contributed by atoms with Crippen molar-refractivity contribution in [2.75, 3.05) is 50.1 Å². The summed E-state index contributed by atoms with van der Waals surface area (Å²) in [5.41, 5.74) is 1.02. The van der Waals surface area contributed by atoms with Gasteiger partial charge in [0.15, 0.2) is 5.82 Å². The van der Waals surface area contributed by atoms with E-state index in [0.717, 1.165) is 24.6 Å². The molecule has 7 nitrogen and oxygen atoms in total. The first-order valence-corrected chi connectivity index (χ1v) is 8.60. The molecule has 1 aliphatic carbocycles.